The Hall–Kier alpha value is -3.58. The van der Waals surface area contributed by atoms with Crippen LogP contribution in [0.15, 0.2) is 77.7 Å². The number of nitrogens with one attached hydrogen (secondary N) is 1. The van der Waals surface area contributed by atoms with Crippen molar-refractivity contribution >= 4 is 29.4 Å². The zero-order valence-electron chi connectivity index (χ0n) is 22.8. The maximum absolute atomic E-state index is 13.7. The molecule has 6 nitrogen and oxygen atoms in total. The van der Waals surface area contributed by atoms with Crippen LogP contribution < -0.4 is 19.5 Å². The lowest BCUT2D eigenvalue weighted by molar-refractivity contribution is -0.129. The van der Waals surface area contributed by atoms with Crippen LogP contribution >= 0.6 is 11.8 Å². The molecule has 3 aromatic carbocycles. The van der Waals surface area contributed by atoms with Gasteiger partial charge >= 0.3 is 0 Å². The third-order valence-electron chi connectivity index (χ3n) is 7.48. The summed E-state index contributed by atoms with van der Waals surface area (Å²) in [5.74, 6) is 2.85. The number of para-hydroxylation sites is 1. The number of ether oxygens (including phenoxy) is 3. The predicted octanol–water partition coefficient (Wildman–Crippen LogP) is 7.17. The smallest absolute Gasteiger partial charge is 0.262 e. The average molecular weight is 545 g/mol. The normalized spacial score (nSPS) is 22.1. The number of carbonyl (C=O) groups is 1. The van der Waals surface area contributed by atoms with Gasteiger partial charge in [-0.05, 0) is 72.9 Å². The molecule has 1 aliphatic carbocycles. The summed E-state index contributed by atoms with van der Waals surface area (Å²) in [4.78, 5) is 16.6. The molecule has 1 saturated heterocycles. The number of amides is 1. The van der Waals surface area contributed by atoms with Crippen molar-refractivity contribution in [1.82, 2.24) is 4.90 Å². The standard InChI is InChI=1S/C32H36N2O4S/c1-22-9-7-8-12-28(22)34-31(35)30(39-32(34)33-25-10-5-4-6-11-25)19-23-13-15-26(16-14-23)38-21-24-20-27(36-2)17-18-29(24)37-3/h4-6,10-11,13-20,22,28,32-33H,7-9,12,21H2,1-3H3/b30-19-/t22-,28+,32?/m1/s1. The van der Waals surface area contributed by atoms with Crippen LogP contribution in [0.4, 0.5) is 5.69 Å². The average Bonchev–Trinajstić information content (AvgIpc) is 3.26. The molecule has 204 valence electrons. The monoisotopic (exact) mass is 544 g/mol. The van der Waals surface area contributed by atoms with Gasteiger partial charge in [0.15, 0.2) is 5.50 Å². The van der Waals surface area contributed by atoms with E-state index in [1.54, 1.807) is 26.0 Å². The van der Waals surface area contributed by atoms with Gasteiger partial charge in [-0.1, -0.05) is 61.9 Å². The van der Waals surface area contributed by atoms with Crippen molar-refractivity contribution in [2.24, 2.45) is 5.92 Å². The Labute approximate surface area is 235 Å². The molecule has 2 fully saturated rings. The van der Waals surface area contributed by atoms with Crippen molar-refractivity contribution in [2.45, 2.75) is 50.8 Å². The van der Waals surface area contributed by atoms with Gasteiger partial charge in [-0.15, -0.1) is 0 Å². The molecule has 7 heteroatoms. The second kappa shape index (κ2) is 12.5. The molecule has 1 heterocycles. The molecule has 1 aliphatic heterocycles. The van der Waals surface area contributed by atoms with E-state index in [1.807, 2.05) is 66.7 Å². The highest BCUT2D eigenvalue weighted by Gasteiger charge is 2.42. The highest BCUT2D eigenvalue weighted by Crippen LogP contribution is 2.42. The van der Waals surface area contributed by atoms with Crippen LogP contribution in [-0.2, 0) is 11.4 Å². The molecule has 0 spiro atoms. The first-order valence-electron chi connectivity index (χ1n) is 13.5. The molecule has 1 unspecified atom stereocenters. The number of benzene rings is 3. The molecule has 39 heavy (non-hydrogen) atoms. The molecule has 3 atom stereocenters. The van der Waals surface area contributed by atoms with Crippen LogP contribution in [-0.4, -0.2) is 36.6 Å². The number of thioether (sulfide) groups is 1. The van der Waals surface area contributed by atoms with E-state index in [-0.39, 0.29) is 17.4 Å². The molecule has 5 rings (SSSR count). The third kappa shape index (κ3) is 6.36. The van der Waals surface area contributed by atoms with Gasteiger partial charge < -0.3 is 24.4 Å². The maximum atomic E-state index is 13.7. The molecule has 0 bridgehead atoms. The number of carbonyl (C=O) groups excluding carboxylic acids is 1. The summed E-state index contributed by atoms with van der Waals surface area (Å²) in [5.41, 5.74) is 2.77. The Bertz CT molecular complexity index is 1300. The Morgan fingerprint density at radius 1 is 0.949 bits per heavy atom. The lowest BCUT2D eigenvalue weighted by Crippen LogP contribution is -2.48. The number of hydrogen-bond donors (Lipinski definition) is 1. The highest BCUT2D eigenvalue weighted by atomic mass is 32.2. The van der Waals surface area contributed by atoms with Gasteiger partial charge in [-0.25, -0.2) is 0 Å². The first kappa shape index (κ1) is 27.0. The Balaban J connectivity index is 1.31. The topological polar surface area (TPSA) is 60.0 Å². The van der Waals surface area contributed by atoms with E-state index in [0.717, 1.165) is 45.4 Å². The minimum atomic E-state index is -0.128. The number of anilines is 1. The van der Waals surface area contributed by atoms with Gasteiger partial charge in [0.05, 0.1) is 19.1 Å². The molecule has 0 radical (unpaired) electrons. The van der Waals surface area contributed by atoms with Gasteiger partial charge in [-0.2, -0.15) is 0 Å². The summed E-state index contributed by atoms with van der Waals surface area (Å²) in [6.45, 7) is 2.64. The number of rotatable bonds is 9. The third-order valence-corrected chi connectivity index (χ3v) is 8.60. The summed E-state index contributed by atoms with van der Waals surface area (Å²) in [6, 6.07) is 23.9. The highest BCUT2D eigenvalue weighted by molar-refractivity contribution is 8.05. The van der Waals surface area contributed by atoms with Crippen LogP contribution in [0.3, 0.4) is 0 Å². The van der Waals surface area contributed by atoms with E-state index in [2.05, 4.69) is 29.3 Å². The first-order chi connectivity index (χ1) is 19.1. The van der Waals surface area contributed by atoms with Crippen LogP contribution in [0, 0.1) is 5.92 Å². The summed E-state index contributed by atoms with van der Waals surface area (Å²) < 4.78 is 16.8. The quantitative estimate of drug-likeness (QED) is 0.288. The second-order valence-corrected chi connectivity index (χ2v) is 11.2. The fourth-order valence-electron chi connectivity index (χ4n) is 5.33. The molecule has 1 amide bonds. The molecular weight excluding hydrogens is 508 g/mol. The second-order valence-electron chi connectivity index (χ2n) is 10.1. The largest absolute Gasteiger partial charge is 0.497 e. The molecule has 1 saturated carbocycles. The molecule has 1 N–H and O–H groups in total. The van der Waals surface area contributed by atoms with Gasteiger partial charge in [0.2, 0.25) is 0 Å². The van der Waals surface area contributed by atoms with E-state index < -0.39 is 0 Å². The lowest BCUT2D eigenvalue weighted by Gasteiger charge is -2.39. The fraction of sp³-hybridized carbons (Fsp3) is 0.344. The zero-order chi connectivity index (χ0) is 27.2. The van der Waals surface area contributed by atoms with Crippen LogP contribution in [0.1, 0.15) is 43.7 Å². The van der Waals surface area contributed by atoms with Gasteiger partial charge in [0.25, 0.3) is 5.91 Å². The Kier molecular flexibility index (Phi) is 8.67. The van der Waals surface area contributed by atoms with E-state index in [4.69, 9.17) is 14.2 Å². The number of hydrogen-bond acceptors (Lipinski definition) is 6. The SMILES string of the molecule is COc1ccc(OC)c(COc2ccc(/C=C3\SC(Nc4ccccc4)N([C@H]4CCCC[C@H]4C)C3=O)cc2)c1. The minimum Gasteiger partial charge on any atom is -0.497 e. The fourth-order valence-corrected chi connectivity index (χ4v) is 6.55. The summed E-state index contributed by atoms with van der Waals surface area (Å²) in [7, 11) is 3.29. The van der Waals surface area contributed by atoms with Gasteiger partial charge in [0.1, 0.15) is 23.9 Å². The number of methoxy groups -OCH3 is 2. The summed E-state index contributed by atoms with van der Waals surface area (Å²) in [6.07, 6.45) is 6.63. The minimum absolute atomic E-state index is 0.109. The van der Waals surface area contributed by atoms with Crippen molar-refractivity contribution in [1.29, 1.82) is 0 Å². The van der Waals surface area contributed by atoms with E-state index >= 15 is 0 Å². The zero-order valence-corrected chi connectivity index (χ0v) is 23.6. The van der Waals surface area contributed by atoms with E-state index in [1.165, 1.54) is 19.3 Å². The van der Waals surface area contributed by atoms with Gasteiger partial charge in [-0.3, -0.25) is 4.79 Å². The van der Waals surface area contributed by atoms with Crippen LogP contribution in [0.2, 0.25) is 0 Å². The van der Waals surface area contributed by atoms with E-state index in [0.29, 0.717) is 12.5 Å². The predicted molar refractivity (Wildman–Crippen MR) is 158 cm³/mol. The van der Waals surface area contributed by atoms with E-state index in [9.17, 15) is 4.79 Å². The van der Waals surface area contributed by atoms with Crippen LogP contribution in [0.5, 0.6) is 17.2 Å². The van der Waals surface area contributed by atoms with Crippen molar-refractivity contribution in [3.05, 3.63) is 88.8 Å². The molecule has 3 aromatic rings. The molecule has 0 aromatic heterocycles. The Morgan fingerprint density at radius 2 is 1.69 bits per heavy atom. The van der Waals surface area contributed by atoms with Crippen molar-refractivity contribution in [2.75, 3.05) is 19.5 Å². The summed E-state index contributed by atoms with van der Waals surface area (Å²) in [5, 5.41) is 3.60. The summed E-state index contributed by atoms with van der Waals surface area (Å²) >= 11 is 1.60. The van der Waals surface area contributed by atoms with Crippen molar-refractivity contribution < 1.29 is 19.0 Å². The van der Waals surface area contributed by atoms with Crippen molar-refractivity contribution in [3.8, 4) is 17.2 Å². The number of nitrogens with zero attached hydrogens (tertiary/aromatic N) is 1. The lowest BCUT2D eigenvalue weighted by atomic mass is 9.85. The Morgan fingerprint density at radius 3 is 2.41 bits per heavy atom. The van der Waals surface area contributed by atoms with Crippen LogP contribution in [0.25, 0.3) is 6.08 Å². The van der Waals surface area contributed by atoms with Gasteiger partial charge in [0, 0.05) is 17.3 Å². The maximum Gasteiger partial charge on any atom is 0.262 e. The molecule has 2 aliphatic rings. The van der Waals surface area contributed by atoms with Crippen molar-refractivity contribution in [3.63, 3.8) is 0 Å². The first-order valence-corrected chi connectivity index (χ1v) is 14.4. The molecular formula is C32H36N2O4S.